The lowest BCUT2D eigenvalue weighted by atomic mass is 9.92. The summed E-state index contributed by atoms with van der Waals surface area (Å²) in [5.74, 6) is 0.724. The van der Waals surface area contributed by atoms with Crippen molar-refractivity contribution in [1.29, 1.82) is 0 Å². The fraction of sp³-hybridized carbons (Fsp3) is 0.571. The van der Waals surface area contributed by atoms with E-state index in [4.69, 9.17) is 9.84 Å². The van der Waals surface area contributed by atoms with Gasteiger partial charge in [-0.15, -0.1) is 0 Å². The van der Waals surface area contributed by atoms with Crippen LogP contribution in [0.3, 0.4) is 0 Å². The van der Waals surface area contributed by atoms with Gasteiger partial charge in [0.2, 0.25) is 0 Å². The molecular formula is C14H17F3O2. The summed E-state index contributed by atoms with van der Waals surface area (Å²) >= 11 is 0. The highest BCUT2D eigenvalue weighted by Gasteiger charge is 2.38. The average Bonchev–Trinajstić information content (AvgIpc) is 2.27. The quantitative estimate of drug-likeness (QED) is 0.897. The molecule has 0 bridgehead atoms. The third-order valence-corrected chi connectivity index (χ3v) is 3.31. The molecule has 1 aliphatic rings. The number of hydrogen-bond donors (Lipinski definition) is 1. The summed E-state index contributed by atoms with van der Waals surface area (Å²) in [4.78, 5) is 0. The van der Waals surface area contributed by atoms with Gasteiger partial charge in [0, 0.05) is 6.42 Å². The summed E-state index contributed by atoms with van der Waals surface area (Å²) in [5.41, 5.74) is 1.15. The van der Waals surface area contributed by atoms with E-state index in [1.807, 2.05) is 13.8 Å². The SMILES string of the molecule is CC1(C)CCc2cc(CC(O)C(F)(F)F)ccc2O1. The largest absolute Gasteiger partial charge is 0.488 e. The number of aryl methyl sites for hydroxylation is 1. The molecule has 0 radical (unpaired) electrons. The van der Waals surface area contributed by atoms with Crippen LogP contribution in [0.1, 0.15) is 31.4 Å². The third-order valence-electron chi connectivity index (χ3n) is 3.31. The number of alkyl halides is 3. The second-order valence-electron chi connectivity index (χ2n) is 5.57. The number of aliphatic hydroxyl groups excluding tert-OH is 1. The maximum atomic E-state index is 12.3. The first-order chi connectivity index (χ1) is 8.67. The molecule has 0 aliphatic carbocycles. The monoisotopic (exact) mass is 274 g/mol. The van der Waals surface area contributed by atoms with Crippen LogP contribution in [0.15, 0.2) is 18.2 Å². The van der Waals surface area contributed by atoms with Crippen molar-refractivity contribution in [3.63, 3.8) is 0 Å². The molecule has 1 atom stereocenters. The zero-order valence-electron chi connectivity index (χ0n) is 10.9. The topological polar surface area (TPSA) is 29.5 Å². The van der Waals surface area contributed by atoms with Gasteiger partial charge in [-0.05, 0) is 43.9 Å². The van der Waals surface area contributed by atoms with Gasteiger partial charge in [-0.25, -0.2) is 0 Å². The van der Waals surface area contributed by atoms with Crippen LogP contribution in [0.2, 0.25) is 0 Å². The van der Waals surface area contributed by atoms with Crippen molar-refractivity contribution in [3.8, 4) is 5.75 Å². The van der Waals surface area contributed by atoms with Gasteiger partial charge < -0.3 is 9.84 Å². The molecule has 0 aromatic heterocycles. The zero-order chi connectivity index (χ0) is 14.3. The molecule has 1 aromatic rings. The molecule has 0 saturated heterocycles. The Morgan fingerprint density at radius 2 is 2.05 bits per heavy atom. The van der Waals surface area contributed by atoms with Crippen molar-refractivity contribution < 1.29 is 23.0 Å². The molecule has 5 heteroatoms. The van der Waals surface area contributed by atoms with E-state index in [9.17, 15) is 13.2 Å². The lowest BCUT2D eigenvalue weighted by Crippen LogP contribution is -2.33. The molecule has 106 valence electrons. The third kappa shape index (κ3) is 3.41. The minimum atomic E-state index is -4.58. The van der Waals surface area contributed by atoms with E-state index in [0.717, 1.165) is 24.2 Å². The van der Waals surface area contributed by atoms with Crippen LogP contribution in [-0.2, 0) is 12.8 Å². The number of benzene rings is 1. The molecular weight excluding hydrogens is 257 g/mol. The number of ether oxygens (including phenoxy) is 1. The maximum absolute atomic E-state index is 12.3. The highest BCUT2D eigenvalue weighted by molar-refractivity contribution is 5.39. The first-order valence-corrected chi connectivity index (χ1v) is 6.23. The van der Waals surface area contributed by atoms with Gasteiger partial charge >= 0.3 is 6.18 Å². The van der Waals surface area contributed by atoms with E-state index in [0.29, 0.717) is 5.56 Å². The van der Waals surface area contributed by atoms with Gasteiger partial charge in [-0.1, -0.05) is 12.1 Å². The van der Waals surface area contributed by atoms with Crippen molar-refractivity contribution in [1.82, 2.24) is 0 Å². The van der Waals surface area contributed by atoms with Crippen LogP contribution in [0.5, 0.6) is 5.75 Å². The Morgan fingerprint density at radius 1 is 1.37 bits per heavy atom. The predicted molar refractivity (Wildman–Crippen MR) is 65.2 cm³/mol. The fourth-order valence-corrected chi connectivity index (χ4v) is 2.18. The normalized spacial score (nSPS) is 19.5. The fourth-order valence-electron chi connectivity index (χ4n) is 2.18. The van der Waals surface area contributed by atoms with Gasteiger partial charge in [0.1, 0.15) is 11.4 Å². The number of aliphatic hydroxyl groups is 1. The van der Waals surface area contributed by atoms with Crippen molar-refractivity contribution in [2.45, 2.75) is 51.0 Å². The van der Waals surface area contributed by atoms with Crippen LogP contribution in [0, 0.1) is 0 Å². The summed E-state index contributed by atoms with van der Waals surface area (Å²) < 4.78 is 42.7. The van der Waals surface area contributed by atoms with Crippen molar-refractivity contribution in [2.75, 3.05) is 0 Å². The zero-order valence-corrected chi connectivity index (χ0v) is 10.9. The van der Waals surface area contributed by atoms with Crippen molar-refractivity contribution >= 4 is 0 Å². The number of hydrogen-bond acceptors (Lipinski definition) is 2. The van der Waals surface area contributed by atoms with Crippen molar-refractivity contribution in [2.24, 2.45) is 0 Å². The maximum Gasteiger partial charge on any atom is 0.414 e. The Balaban J connectivity index is 2.15. The standard InChI is InChI=1S/C14H17F3O2/c1-13(2)6-5-10-7-9(3-4-11(10)19-13)8-12(18)14(15,16)17/h3-4,7,12,18H,5-6,8H2,1-2H3. The summed E-state index contributed by atoms with van der Waals surface area (Å²) in [6.45, 7) is 3.97. The van der Waals surface area contributed by atoms with Crippen molar-refractivity contribution in [3.05, 3.63) is 29.3 Å². The lowest BCUT2D eigenvalue weighted by molar-refractivity contribution is -0.203. The molecule has 1 aromatic carbocycles. The Bertz CT molecular complexity index is 466. The second kappa shape index (κ2) is 4.71. The Labute approximate surface area is 110 Å². The first-order valence-electron chi connectivity index (χ1n) is 6.23. The summed E-state index contributed by atoms with van der Waals surface area (Å²) in [7, 11) is 0. The second-order valence-corrected chi connectivity index (χ2v) is 5.57. The summed E-state index contributed by atoms with van der Waals surface area (Å²) in [6, 6.07) is 4.96. The smallest absolute Gasteiger partial charge is 0.414 e. The number of rotatable bonds is 2. The Hall–Kier alpha value is -1.23. The molecule has 1 aliphatic heterocycles. The summed E-state index contributed by atoms with van der Waals surface area (Å²) in [5, 5.41) is 9.07. The molecule has 19 heavy (non-hydrogen) atoms. The predicted octanol–water partition coefficient (Wildman–Crippen LogP) is 3.26. The molecule has 2 nitrogen and oxygen atoms in total. The molecule has 0 saturated carbocycles. The van der Waals surface area contributed by atoms with Gasteiger partial charge in [0.05, 0.1) is 0 Å². The molecule has 0 fully saturated rings. The van der Waals surface area contributed by atoms with Gasteiger partial charge in [-0.3, -0.25) is 0 Å². The van der Waals surface area contributed by atoms with E-state index in [-0.39, 0.29) is 5.60 Å². The van der Waals surface area contributed by atoms with E-state index in [1.165, 1.54) is 0 Å². The van der Waals surface area contributed by atoms with Gasteiger partial charge in [0.15, 0.2) is 6.10 Å². The molecule has 1 heterocycles. The van der Waals surface area contributed by atoms with Crippen LogP contribution >= 0.6 is 0 Å². The van der Waals surface area contributed by atoms with Gasteiger partial charge in [0.25, 0.3) is 0 Å². The van der Waals surface area contributed by atoms with E-state index < -0.39 is 18.7 Å². The Morgan fingerprint density at radius 3 is 2.68 bits per heavy atom. The number of fused-ring (bicyclic) bond motifs is 1. The van der Waals surface area contributed by atoms with Crippen LogP contribution in [0.25, 0.3) is 0 Å². The molecule has 1 unspecified atom stereocenters. The minimum Gasteiger partial charge on any atom is -0.488 e. The van der Waals surface area contributed by atoms with Crippen LogP contribution in [0.4, 0.5) is 13.2 Å². The molecule has 2 rings (SSSR count). The highest BCUT2D eigenvalue weighted by Crippen LogP contribution is 2.34. The molecule has 1 N–H and O–H groups in total. The van der Waals surface area contributed by atoms with E-state index in [2.05, 4.69) is 0 Å². The average molecular weight is 274 g/mol. The van der Waals surface area contributed by atoms with E-state index >= 15 is 0 Å². The van der Waals surface area contributed by atoms with Crippen LogP contribution < -0.4 is 4.74 Å². The highest BCUT2D eigenvalue weighted by atomic mass is 19.4. The molecule has 0 amide bonds. The summed E-state index contributed by atoms with van der Waals surface area (Å²) in [6.07, 6.45) is -5.70. The lowest BCUT2D eigenvalue weighted by Gasteiger charge is -2.32. The Kier molecular flexibility index (Phi) is 3.51. The van der Waals surface area contributed by atoms with E-state index in [1.54, 1.807) is 18.2 Å². The minimum absolute atomic E-state index is 0.236. The number of halogens is 3. The van der Waals surface area contributed by atoms with Crippen LogP contribution in [-0.4, -0.2) is 23.0 Å². The molecule has 0 spiro atoms. The van der Waals surface area contributed by atoms with Gasteiger partial charge in [-0.2, -0.15) is 13.2 Å². The first kappa shape index (κ1) is 14.2.